The average molecular weight is 1080 g/mol. The molecule has 4 aromatic carbocycles. The van der Waals surface area contributed by atoms with Crippen LogP contribution >= 0.6 is 0 Å². The number of ether oxygens (including phenoxy) is 5. The molecule has 2 aliphatic carbocycles. The van der Waals surface area contributed by atoms with Crippen LogP contribution < -0.4 is 18.9 Å². The summed E-state index contributed by atoms with van der Waals surface area (Å²) >= 11 is 0. The van der Waals surface area contributed by atoms with Gasteiger partial charge in [0.25, 0.3) is 0 Å². The van der Waals surface area contributed by atoms with Crippen molar-refractivity contribution in [3.8, 4) is 22.9 Å². The molecule has 2 aliphatic rings. The van der Waals surface area contributed by atoms with Crippen LogP contribution in [-0.4, -0.2) is 88.9 Å². The number of aliphatic carboxylic acids is 1. The number of carboxylic acid groups (broad SMARTS) is 1. The molecule has 3 N–H and O–H groups in total. The van der Waals surface area contributed by atoms with Crippen LogP contribution in [0, 0.1) is 65.0 Å². The van der Waals surface area contributed by atoms with Gasteiger partial charge in [0, 0.05) is 18.2 Å². The van der Waals surface area contributed by atoms with Gasteiger partial charge in [-0.1, -0.05) is 59.7 Å². The maximum atomic E-state index is 13.7. The van der Waals surface area contributed by atoms with Crippen LogP contribution in [0.5, 0.6) is 0 Å². The number of aliphatic hydroxyl groups excluding tert-OH is 1. The van der Waals surface area contributed by atoms with E-state index in [1.165, 1.54) is 12.1 Å². The molecule has 0 bridgehead atoms. The summed E-state index contributed by atoms with van der Waals surface area (Å²) in [7, 11) is 1.00. The molecule has 2 heterocycles. The van der Waals surface area contributed by atoms with E-state index in [2.05, 4.69) is 16.0 Å². The van der Waals surface area contributed by atoms with Gasteiger partial charge in [-0.2, -0.15) is 0 Å². The predicted octanol–water partition coefficient (Wildman–Crippen LogP) is 9.30. The minimum absolute atomic E-state index is 0. The molecular weight excluding hydrogens is 998 g/mol. The fraction of sp³-hybridized carbons (Fsp3) is 0.475. The van der Waals surface area contributed by atoms with Gasteiger partial charge >= 0.3 is 30.8 Å². The summed E-state index contributed by atoms with van der Waals surface area (Å²) in [4.78, 5) is 33.8. The standard InChI is InChI=1S/C31H38FNO5.C29H34FNO5.CH4O.Li.H2O/c1-5-35-31(34)25(16-23-12-13-28(32)21(3)15-23)18-36-26-10-7-11-27(17-26)37-19-29-22(4)38-30(33-29)24-9-6-8-20(2)14-24;1-18-6-4-7-22(12-18)28-31-27(20(3)36-28)17-35-25-9-5-8-24(15-25)34-16-23(29(32)33)14-21-10-11-26(30)19(2)13-21;1-2;;/h6,8-9,12-15,25-27H,5,7,10-11,16-19H2,1-4H3;4,6-7,10-13,23-25H,5,8-9,14-17H2,1-3H3,(H,32,33);2H,1H3;;1H2/q;;;+1;/p-1/t25?,26-,27+;23?,24-,25+;;;/m11.../s1. The Bertz CT molecular complexity index is 2800. The second kappa shape index (κ2) is 32.5. The minimum Gasteiger partial charge on any atom is -0.870 e. The van der Waals surface area contributed by atoms with Crippen molar-refractivity contribution in [3.63, 3.8) is 0 Å². The van der Waals surface area contributed by atoms with Crippen molar-refractivity contribution in [1.82, 2.24) is 9.97 Å². The number of nitrogens with zero attached hydrogens (tertiary/aromatic N) is 2. The van der Waals surface area contributed by atoms with E-state index in [0.717, 1.165) is 108 Å². The van der Waals surface area contributed by atoms with E-state index in [1.807, 2.05) is 70.2 Å². The van der Waals surface area contributed by atoms with Gasteiger partial charge in [-0.3, -0.25) is 9.59 Å². The normalized spacial score (nSPS) is 17.7. The monoisotopic (exact) mass is 1070 g/mol. The van der Waals surface area contributed by atoms with Crippen molar-refractivity contribution in [2.45, 2.75) is 150 Å². The first-order chi connectivity index (χ1) is 36.6. The zero-order chi connectivity index (χ0) is 54.7. The number of esters is 1. The van der Waals surface area contributed by atoms with Crippen LogP contribution in [0.3, 0.4) is 0 Å². The number of aromatic nitrogens is 2. The molecule has 0 aliphatic heterocycles. The van der Waals surface area contributed by atoms with Gasteiger partial charge < -0.3 is 48.2 Å². The topological polar surface area (TPSA) is 203 Å². The van der Waals surface area contributed by atoms with Crippen LogP contribution in [0.15, 0.2) is 93.8 Å². The summed E-state index contributed by atoms with van der Waals surface area (Å²) in [6, 6.07) is 25.8. The molecule has 6 aromatic rings. The van der Waals surface area contributed by atoms with Gasteiger partial charge in [0.2, 0.25) is 11.8 Å². The number of carboxylic acids is 1. The van der Waals surface area contributed by atoms with Crippen molar-refractivity contribution < 1.29 is 85.4 Å². The molecule has 0 radical (unpaired) electrons. The second-order valence-electron chi connectivity index (χ2n) is 20.0. The zero-order valence-electron chi connectivity index (χ0n) is 46.8. The van der Waals surface area contributed by atoms with Gasteiger partial charge in [-0.15, -0.1) is 0 Å². The Hall–Kier alpha value is -5.54. The molecule has 2 unspecified atom stereocenters. The molecule has 0 saturated heterocycles. The molecular formula is C61H77F2LiN2O12. The molecule has 418 valence electrons. The molecule has 6 atom stereocenters. The van der Waals surface area contributed by atoms with Gasteiger partial charge in [-0.05, 0) is 171 Å². The Morgan fingerprint density at radius 2 is 1.03 bits per heavy atom. The summed E-state index contributed by atoms with van der Waals surface area (Å²) in [5.74, 6) is -0.163. The average Bonchev–Trinajstić information content (AvgIpc) is 4.00. The molecule has 2 saturated carbocycles. The number of aryl methyl sites for hydroxylation is 6. The van der Waals surface area contributed by atoms with Gasteiger partial charge in [0.15, 0.2) is 0 Å². The summed E-state index contributed by atoms with van der Waals surface area (Å²) < 4.78 is 69.0. The molecule has 2 fully saturated rings. The summed E-state index contributed by atoms with van der Waals surface area (Å²) in [5, 5.41) is 16.7. The summed E-state index contributed by atoms with van der Waals surface area (Å²) in [6.07, 6.45) is 7.86. The Balaban J connectivity index is 0.000000319. The predicted molar refractivity (Wildman–Crippen MR) is 287 cm³/mol. The first-order valence-electron chi connectivity index (χ1n) is 26.5. The molecule has 78 heavy (non-hydrogen) atoms. The van der Waals surface area contributed by atoms with E-state index >= 15 is 0 Å². The number of carbonyl (C=O) groups is 2. The fourth-order valence-electron chi connectivity index (χ4n) is 9.56. The van der Waals surface area contributed by atoms with Crippen LogP contribution in [-0.2, 0) is 59.3 Å². The number of aliphatic hydroxyl groups is 1. The number of hydrogen-bond donors (Lipinski definition) is 2. The molecule has 17 heteroatoms. The number of benzene rings is 4. The van der Waals surface area contributed by atoms with Gasteiger partial charge in [0.05, 0.1) is 69.3 Å². The molecule has 14 nitrogen and oxygen atoms in total. The number of carbonyl (C=O) groups excluding carboxylic acids is 1. The largest absolute Gasteiger partial charge is 1.00 e. The number of oxazole rings is 2. The maximum Gasteiger partial charge on any atom is 1.00 e. The fourth-order valence-corrected chi connectivity index (χ4v) is 9.56. The van der Waals surface area contributed by atoms with Crippen molar-refractivity contribution in [3.05, 3.63) is 153 Å². The Kier molecular flexibility index (Phi) is 27.1. The quantitative estimate of drug-likeness (QED) is 0.0510. The third-order valence-electron chi connectivity index (χ3n) is 13.8. The number of hydrogen-bond acceptors (Lipinski definition) is 13. The first kappa shape index (κ1) is 65.0. The van der Waals surface area contributed by atoms with E-state index in [4.69, 9.17) is 37.6 Å². The van der Waals surface area contributed by atoms with Crippen LogP contribution in [0.25, 0.3) is 22.9 Å². The Morgan fingerprint density at radius 3 is 1.42 bits per heavy atom. The SMILES string of the molecule is CCOC(=O)C(CO[C@@H]1CCC[C@H](OCc2nc(-c3cccc(C)c3)oc2C)C1)Cc1ccc(F)c(C)c1.CO.Cc1cccc(-c2nc(CO[C@H]3CCC[C@@H](OCC(Cc4ccc(F)c(C)c4)C(=O)O)C3)c(C)o2)c1.[Li+].[OH-]. The van der Waals surface area contributed by atoms with E-state index in [9.17, 15) is 23.5 Å². The van der Waals surface area contributed by atoms with E-state index in [-0.39, 0.29) is 79.6 Å². The molecule has 0 amide bonds. The zero-order valence-corrected chi connectivity index (χ0v) is 46.8. The van der Waals surface area contributed by atoms with Crippen LogP contribution in [0.1, 0.15) is 115 Å². The molecule has 2 aromatic heterocycles. The second-order valence-corrected chi connectivity index (χ2v) is 20.0. The Labute approximate surface area is 470 Å². The summed E-state index contributed by atoms with van der Waals surface area (Å²) in [5.41, 5.74) is 8.55. The van der Waals surface area contributed by atoms with E-state index < -0.39 is 17.8 Å². The minimum atomic E-state index is -0.911. The van der Waals surface area contributed by atoms with Gasteiger partial charge in [0.1, 0.15) is 34.5 Å². The van der Waals surface area contributed by atoms with Crippen molar-refractivity contribution in [1.29, 1.82) is 0 Å². The van der Waals surface area contributed by atoms with Crippen molar-refractivity contribution in [2.75, 3.05) is 26.9 Å². The first-order valence-corrected chi connectivity index (χ1v) is 26.5. The van der Waals surface area contributed by atoms with Crippen molar-refractivity contribution in [2.24, 2.45) is 11.8 Å². The van der Waals surface area contributed by atoms with Crippen molar-refractivity contribution >= 4 is 11.9 Å². The smallest absolute Gasteiger partial charge is 0.870 e. The van der Waals surface area contributed by atoms with E-state index in [0.29, 0.717) is 62.0 Å². The van der Waals surface area contributed by atoms with Crippen LogP contribution in [0.2, 0.25) is 0 Å². The summed E-state index contributed by atoms with van der Waals surface area (Å²) in [6.45, 7) is 14.5. The number of rotatable bonds is 21. The third kappa shape index (κ3) is 19.7. The molecule has 8 rings (SSSR count). The third-order valence-corrected chi connectivity index (χ3v) is 13.8. The maximum absolute atomic E-state index is 13.7. The molecule has 0 spiro atoms. The number of halogens is 2. The van der Waals surface area contributed by atoms with Crippen LogP contribution in [0.4, 0.5) is 8.78 Å². The van der Waals surface area contributed by atoms with E-state index in [1.54, 1.807) is 45.0 Å². The Morgan fingerprint density at radius 1 is 0.615 bits per heavy atom. The van der Waals surface area contributed by atoms with Gasteiger partial charge in [-0.25, -0.2) is 18.7 Å².